The fourth-order valence-corrected chi connectivity index (χ4v) is 4.28. The van der Waals surface area contributed by atoms with Crippen LogP contribution in [0.15, 0.2) is 52.9 Å². The number of aromatic nitrogens is 2. The number of amides is 2. The van der Waals surface area contributed by atoms with E-state index in [-0.39, 0.29) is 17.8 Å². The highest BCUT2D eigenvalue weighted by Gasteiger charge is 2.16. The van der Waals surface area contributed by atoms with Gasteiger partial charge >= 0.3 is 0 Å². The van der Waals surface area contributed by atoms with E-state index in [0.717, 1.165) is 34.4 Å². The summed E-state index contributed by atoms with van der Waals surface area (Å²) in [4.78, 5) is 42.3. The second-order valence-electron chi connectivity index (χ2n) is 7.76. The Labute approximate surface area is 197 Å². The van der Waals surface area contributed by atoms with E-state index in [0.29, 0.717) is 10.2 Å². The first-order valence-electron chi connectivity index (χ1n) is 10.3. The lowest BCUT2D eigenvalue weighted by Crippen LogP contribution is -2.37. The van der Waals surface area contributed by atoms with Crippen LogP contribution in [-0.4, -0.2) is 27.9 Å². The fourth-order valence-electron chi connectivity index (χ4n) is 3.37. The number of fused-ring (bicyclic) bond motifs is 1. The smallest absolute Gasteiger partial charge is 0.263 e. The molecule has 7 nitrogen and oxygen atoms in total. The molecular weight excluding hydrogens is 462 g/mol. The van der Waals surface area contributed by atoms with Gasteiger partial charge in [-0.3, -0.25) is 19.0 Å². The van der Waals surface area contributed by atoms with Crippen molar-refractivity contribution in [3.05, 3.63) is 81.2 Å². The zero-order chi connectivity index (χ0) is 24.4. The number of aryl methyl sites for hydroxylation is 2. The van der Waals surface area contributed by atoms with Crippen molar-refractivity contribution >= 4 is 39.1 Å². The largest absolute Gasteiger partial charge is 0.345 e. The molecule has 34 heavy (non-hydrogen) atoms. The molecule has 2 heterocycles. The Morgan fingerprint density at radius 1 is 1.03 bits per heavy atom. The third-order valence-electron chi connectivity index (χ3n) is 5.34. The molecule has 0 saturated carbocycles. The highest BCUT2D eigenvalue weighted by Crippen LogP contribution is 2.31. The predicted molar refractivity (Wildman–Crippen MR) is 127 cm³/mol. The van der Waals surface area contributed by atoms with Gasteiger partial charge in [-0.2, -0.15) is 0 Å². The molecule has 0 bridgehead atoms. The number of thiophene rings is 1. The third-order valence-corrected chi connectivity index (χ3v) is 6.23. The number of hydrogen-bond acceptors (Lipinski definition) is 5. The zero-order valence-corrected chi connectivity index (χ0v) is 19.1. The summed E-state index contributed by atoms with van der Waals surface area (Å²) in [6.45, 7) is 3.27. The summed E-state index contributed by atoms with van der Waals surface area (Å²) in [5.41, 5.74) is 3.58. The van der Waals surface area contributed by atoms with E-state index in [1.807, 2.05) is 37.4 Å². The van der Waals surface area contributed by atoms with E-state index in [1.54, 1.807) is 0 Å². The lowest BCUT2D eigenvalue weighted by Gasteiger charge is -2.09. The number of hydrogen-bond donors (Lipinski definition) is 2. The van der Waals surface area contributed by atoms with Crippen LogP contribution >= 0.6 is 11.3 Å². The summed E-state index contributed by atoms with van der Waals surface area (Å²) in [7, 11) is 0. The Balaban J connectivity index is 1.46. The van der Waals surface area contributed by atoms with Crippen LogP contribution in [0, 0.1) is 25.5 Å². The minimum Gasteiger partial charge on any atom is -0.345 e. The summed E-state index contributed by atoms with van der Waals surface area (Å²) in [5.74, 6) is -3.34. The Morgan fingerprint density at radius 2 is 1.82 bits per heavy atom. The molecular formula is C24H20F2N4O3S. The Morgan fingerprint density at radius 3 is 2.56 bits per heavy atom. The average molecular weight is 483 g/mol. The lowest BCUT2D eigenvalue weighted by molar-refractivity contribution is -0.124. The number of nitrogens with one attached hydrogen (secondary N) is 2. The van der Waals surface area contributed by atoms with Gasteiger partial charge < -0.3 is 10.6 Å². The molecule has 4 aromatic rings. The third kappa shape index (κ3) is 4.86. The van der Waals surface area contributed by atoms with Crippen LogP contribution in [0.3, 0.4) is 0 Å². The van der Waals surface area contributed by atoms with Crippen LogP contribution in [0.5, 0.6) is 0 Å². The van der Waals surface area contributed by atoms with Crippen molar-refractivity contribution in [2.75, 3.05) is 11.9 Å². The Hall–Kier alpha value is -3.92. The van der Waals surface area contributed by atoms with Gasteiger partial charge in [0.15, 0.2) is 11.6 Å². The maximum absolute atomic E-state index is 13.3. The van der Waals surface area contributed by atoms with Gasteiger partial charge in [0, 0.05) is 22.7 Å². The first-order chi connectivity index (χ1) is 16.2. The van der Waals surface area contributed by atoms with Gasteiger partial charge in [0.25, 0.3) is 5.56 Å². The zero-order valence-electron chi connectivity index (χ0n) is 18.3. The highest BCUT2D eigenvalue weighted by molar-refractivity contribution is 7.17. The van der Waals surface area contributed by atoms with Gasteiger partial charge in [-0.25, -0.2) is 13.8 Å². The van der Waals surface area contributed by atoms with E-state index >= 15 is 0 Å². The summed E-state index contributed by atoms with van der Waals surface area (Å²) < 4.78 is 27.4. The monoisotopic (exact) mass is 482 g/mol. The molecule has 0 fully saturated rings. The standard InChI is InChI=1S/C24H20F2N4O3S/c1-13-3-4-15(7-14(13)2)17-11-34-23-22(17)24(33)30(12-28-23)10-21(32)27-9-20(31)29-16-5-6-18(25)19(26)8-16/h3-8,11-12H,9-10H2,1-2H3,(H,27,32)(H,29,31). The number of carbonyl (C=O) groups excluding carboxylic acids is 2. The molecule has 0 radical (unpaired) electrons. The van der Waals surface area contributed by atoms with Crippen LogP contribution in [0.4, 0.5) is 14.5 Å². The molecule has 0 spiro atoms. The first kappa shape index (κ1) is 23.2. The Kier molecular flexibility index (Phi) is 6.51. The highest BCUT2D eigenvalue weighted by atomic mass is 32.1. The van der Waals surface area contributed by atoms with E-state index < -0.39 is 30.0 Å². The van der Waals surface area contributed by atoms with E-state index in [1.165, 1.54) is 28.3 Å². The lowest BCUT2D eigenvalue weighted by atomic mass is 10.0. The van der Waals surface area contributed by atoms with Crippen molar-refractivity contribution in [3.8, 4) is 11.1 Å². The molecule has 2 aromatic carbocycles. The fraction of sp³-hybridized carbons (Fsp3) is 0.167. The molecule has 2 amide bonds. The summed E-state index contributed by atoms with van der Waals surface area (Å²) in [5, 5.41) is 7.06. The number of anilines is 1. The molecule has 0 aliphatic rings. The maximum atomic E-state index is 13.3. The van der Waals surface area contributed by atoms with E-state index in [9.17, 15) is 23.2 Å². The minimum absolute atomic E-state index is 0.0559. The topological polar surface area (TPSA) is 93.1 Å². The Bertz CT molecular complexity index is 1480. The second kappa shape index (κ2) is 9.52. The molecule has 2 N–H and O–H groups in total. The summed E-state index contributed by atoms with van der Waals surface area (Å²) >= 11 is 1.35. The quantitative estimate of drug-likeness (QED) is 0.438. The van der Waals surface area contributed by atoms with Gasteiger partial charge in [-0.15, -0.1) is 11.3 Å². The molecule has 0 aliphatic heterocycles. The average Bonchev–Trinajstić information content (AvgIpc) is 3.24. The van der Waals surface area contributed by atoms with Gasteiger partial charge in [0.2, 0.25) is 11.8 Å². The molecule has 4 rings (SSSR count). The van der Waals surface area contributed by atoms with Gasteiger partial charge in [-0.05, 0) is 42.7 Å². The molecule has 2 aromatic heterocycles. The second-order valence-corrected chi connectivity index (χ2v) is 8.62. The van der Waals surface area contributed by atoms with Gasteiger partial charge in [0.1, 0.15) is 11.4 Å². The van der Waals surface area contributed by atoms with E-state index in [2.05, 4.69) is 15.6 Å². The number of benzene rings is 2. The normalized spacial score (nSPS) is 10.9. The molecule has 0 aliphatic carbocycles. The molecule has 174 valence electrons. The van der Waals surface area contributed by atoms with Crippen LogP contribution in [0.2, 0.25) is 0 Å². The molecule has 0 unspecified atom stereocenters. The van der Waals surface area contributed by atoms with Crippen LogP contribution in [0.1, 0.15) is 11.1 Å². The number of nitrogens with zero attached hydrogens (tertiary/aromatic N) is 2. The SMILES string of the molecule is Cc1ccc(-c2csc3ncn(CC(=O)NCC(=O)Nc4ccc(F)c(F)c4)c(=O)c23)cc1C. The van der Waals surface area contributed by atoms with Gasteiger partial charge in [-0.1, -0.05) is 18.2 Å². The number of halogens is 2. The maximum Gasteiger partial charge on any atom is 0.263 e. The molecule has 10 heteroatoms. The van der Waals surface area contributed by atoms with Crippen LogP contribution in [-0.2, 0) is 16.1 Å². The van der Waals surface area contributed by atoms with Crippen molar-refractivity contribution in [2.24, 2.45) is 0 Å². The van der Waals surface area contributed by atoms with Crippen molar-refractivity contribution < 1.29 is 18.4 Å². The van der Waals surface area contributed by atoms with E-state index in [4.69, 9.17) is 0 Å². The van der Waals surface area contributed by atoms with Crippen molar-refractivity contribution in [1.82, 2.24) is 14.9 Å². The first-order valence-corrected chi connectivity index (χ1v) is 11.2. The van der Waals surface area contributed by atoms with Crippen molar-refractivity contribution in [1.29, 1.82) is 0 Å². The van der Waals surface area contributed by atoms with Crippen LogP contribution in [0.25, 0.3) is 21.3 Å². The van der Waals surface area contributed by atoms with Gasteiger partial charge in [0.05, 0.1) is 18.3 Å². The molecule has 0 atom stereocenters. The minimum atomic E-state index is -1.10. The summed E-state index contributed by atoms with van der Waals surface area (Å²) in [6, 6.07) is 8.86. The summed E-state index contributed by atoms with van der Waals surface area (Å²) in [6.07, 6.45) is 1.30. The predicted octanol–water partition coefficient (Wildman–Crippen LogP) is 3.77. The number of carbonyl (C=O) groups is 2. The molecule has 0 saturated heterocycles. The van der Waals surface area contributed by atoms with Crippen molar-refractivity contribution in [3.63, 3.8) is 0 Å². The number of rotatable bonds is 6. The van der Waals surface area contributed by atoms with Crippen molar-refractivity contribution in [2.45, 2.75) is 20.4 Å². The van der Waals surface area contributed by atoms with Crippen LogP contribution < -0.4 is 16.2 Å².